The first-order valence-corrected chi connectivity index (χ1v) is 10.4. The maximum atomic E-state index is 12.8. The third-order valence-electron chi connectivity index (χ3n) is 7.07. The van der Waals surface area contributed by atoms with E-state index in [0.29, 0.717) is 25.0 Å². The van der Waals surface area contributed by atoms with Gasteiger partial charge in [-0.1, -0.05) is 0 Å². The molecule has 9 nitrogen and oxygen atoms in total. The van der Waals surface area contributed by atoms with E-state index >= 15 is 0 Å². The molecule has 156 valence electrons. The van der Waals surface area contributed by atoms with E-state index in [1.165, 1.54) is 12.4 Å². The highest BCUT2D eigenvalue weighted by Gasteiger charge is 2.56. The van der Waals surface area contributed by atoms with Gasteiger partial charge in [0.05, 0.1) is 11.2 Å². The van der Waals surface area contributed by atoms with E-state index in [-0.39, 0.29) is 35.6 Å². The minimum atomic E-state index is -1.07. The van der Waals surface area contributed by atoms with Gasteiger partial charge in [-0.3, -0.25) is 0 Å². The fourth-order valence-corrected chi connectivity index (χ4v) is 6.06. The number of aromatic nitrogens is 2. The lowest BCUT2D eigenvalue weighted by Crippen LogP contribution is -2.58. The number of hydrogen-bond donors (Lipinski definition) is 3. The van der Waals surface area contributed by atoms with Gasteiger partial charge in [0.1, 0.15) is 6.10 Å². The largest absolute Gasteiger partial charge is 0.478 e. The first-order chi connectivity index (χ1) is 13.9. The number of nitrogens with one attached hydrogen (secondary N) is 1. The molecule has 9 heteroatoms. The zero-order chi connectivity index (χ0) is 20.2. The molecular formula is C20H26N4O5. The van der Waals surface area contributed by atoms with Crippen molar-refractivity contribution in [3.63, 3.8) is 0 Å². The van der Waals surface area contributed by atoms with Crippen molar-refractivity contribution in [2.75, 3.05) is 18.4 Å². The van der Waals surface area contributed by atoms with E-state index in [2.05, 4.69) is 15.3 Å². The third-order valence-corrected chi connectivity index (χ3v) is 7.07. The van der Waals surface area contributed by atoms with Crippen molar-refractivity contribution in [1.82, 2.24) is 14.9 Å². The van der Waals surface area contributed by atoms with Crippen LogP contribution in [0.4, 0.5) is 10.7 Å². The molecule has 1 saturated heterocycles. The highest BCUT2D eigenvalue weighted by molar-refractivity contribution is 5.86. The van der Waals surface area contributed by atoms with Gasteiger partial charge in [0.25, 0.3) is 0 Å². The number of nitrogens with zero attached hydrogens (tertiary/aromatic N) is 3. The number of amides is 1. The second-order valence-electron chi connectivity index (χ2n) is 9.22. The predicted molar refractivity (Wildman–Crippen MR) is 101 cm³/mol. The van der Waals surface area contributed by atoms with E-state index in [9.17, 15) is 14.7 Å². The second-order valence-corrected chi connectivity index (χ2v) is 9.22. The summed E-state index contributed by atoms with van der Waals surface area (Å²) in [5, 5.41) is 22.7. The lowest BCUT2D eigenvalue weighted by atomic mass is 9.53. The Kier molecular flexibility index (Phi) is 4.38. The average molecular weight is 402 g/mol. The number of hydrogen-bond acceptors (Lipinski definition) is 7. The van der Waals surface area contributed by atoms with Crippen LogP contribution in [-0.2, 0) is 4.74 Å². The number of carbonyl (C=O) groups excluding carboxylic acids is 1. The number of ether oxygens (including phenoxy) is 1. The maximum Gasteiger partial charge on any atom is 0.410 e. The standard InChI is InChI=1S/C20H26N4O5/c25-17(26)14-8-21-18(22-9-14)23-15-1-2-24(10-15)19(27)29-16-12-3-11-4-13(16)7-20(28,5-11)6-12/h8-9,11-13,15-16,28H,1-7,10H2,(H,25,26)(H,21,22,23)/t11?,12?,13?,15-,16-,20-/m1/s1. The van der Waals surface area contributed by atoms with Crippen molar-refractivity contribution in [2.45, 2.75) is 56.3 Å². The molecule has 0 radical (unpaired) electrons. The molecule has 5 fully saturated rings. The van der Waals surface area contributed by atoms with Crippen LogP contribution in [0.5, 0.6) is 0 Å². The average Bonchev–Trinajstić information content (AvgIpc) is 3.12. The molecule has 4 saturated carbocycles. The van der Waals surface area contributed by atoms with Crippen LogP contribution in [0.15, 0.2) is 12.4 Å². The molecule has 1 aromatic rings. The third kappa shape index (κ3) is 3.52. The molecule has 1 aromatic heterocycles. The minimum absolute atomic E-state index is 0.00237. The molecule has 3 atom stereocenters. The van der Waals surface area contributed by atoms with Gasteiger partial charge in [0.2, 0.25) is 5.95 Å². The molecule has 2 unspecified atom stereocenters. The number of carboxylic acid groups (broad SMARTS) is 1. The quantitative estimate of drug-likeness (QED) is 0.695. The van der Waals surface area contributed by atoms with Crippen LogP contribution in [0.25, 0.3) is 0 Å². The smallest absolute Gasteiger partial charge is 0.410 e. The zero-order valence-electron chi connectivity index (χ0n) is 16.2. The maximum absolute atomic E-state index is 12.8. The fraction of sp³-hybridized carbons (Fsp3) is 0.700. The molecule has 0 aromatic carbocycles. The van der Waals surface area contributed by atoms with Crippen molar-refractivity contribution in [2.24, 2.45) is 17.8 Å². The normalized spacial score (nSPS) is 37.6. The Balaban J connectivity index is 1.16. The Hall–Kier alpha value is -2.42. The van der Waals surface area contributed by atoms with Crippen molar-refractivity contribution in [3.05, 3.63) is 18.0 Å². The molecule has 29 heavy (non-hydrogen) atoms. The molecular weight excluding hydrogens is 376 g/mol. The molecule has 3 N–H and O–H groups in total. The number of carboxylic acids is 1. The Bertz CT molecular complexity index is 800. The van der Waals surface area contributed by atoms with Crippen molar-refractivity contribution < 1.29 is 24.5 Å². The van der Waals surface area contributed by atoms with E-state index in [1.54, 1.807) is 4.90 Å². The van der Waals surface area contributed by atoms with Crippen molar-refractivity contribution >= 4 is 18.0 Å². The Morgan fingerprint density at radius 2 is 1.86 bits per heavy atom. The Labute approximate surface area is 168 Å². The fourth-order valence-electron chi connectivity index (χ4n) is 6.06. The van der Waals surface area contributed by atoms with Gasteiger partial charge in [-0.2, -0.15) is 0 Å². The predicted octanol–water partition coefficient (Wildman–Crippen LogP) is 1.74. The van der Waals surface area contributed by atoms with Crippen LogP contribution in [0.1, 0.15) is 48.9 Å². The zero-order valence-corrected chi connectivity index (χ0v) is 16.2. The summed E-state index contributed by atoms with van der Waals surface area (Å²) >= 11 is 0. The topological polar surface area (TPSA) is 125 Å². The first kappa shape index (κ1) is 18.6. The van der Waals surface area contributed by atoms with Crippen LogP contribution in [0, 0.1) is 17.8 Å². The summed E-state index contributed by atoms with van der Waals surface area (Å²) in [6, 6.07) is -0.00237. The summed E-state index contributed by atoms with van der Waals surface area (Å²) in [7, 11) is 0. The molecule has 4 bridgehead atoms. The summed E-state index contributed by atoms with van der Waals surface area (Å²) < 4.78 is 5.95. The van der Waals surface area contributed by atoms with Gasteiger partial charge < -0.3 is 25.2 Å². The monoisotopic (exact) mass is 402 g/mol. The number of aliphatic hydroxyl groups is 1. The number of likely N-dealkylation sites (tertiary alicyclic amines) is 1. The van der Waals surface area contributed by atoms with Crippen LogP contribution in [0.2, 0.25) is 0 Å². The van der Waals surface area contributed by atoms with Gasteiger partial charge in [-0.25, -0.2) is 19.6 Å². The Morgan fingerprint density at radius 1 is 1.17 bits per heavy atom. The molecule has 4 aliphatic carbocycles. The SMILES string of the molecule is O=C(O)c1cnc(N[C@@H]2CCN(C(=O)O[C@H]3C4CC5CC3C[C@](O)(C5)C4)C2)nc1. The van der Waals surface area contributed by atoms with E-state index in [0.717, 1.165) is 38.5 Å². The van der Waals surface area contributed by atoms with Crippen LogP contribution >= 0.6 is 0 Å². The molecule has 1 amide bonds. The number of carbonyl (C=O) groups is 2. The highest BCUT2D eigenvalue weighted by Crippen LogP contribution is 2.56. The van der Waals surface area contributed by atoms with Gasteiger partial charge in [-0.15, -0.1) is 0 Å². The lowest BCUT2D eigenvalue weighted by molar-refractivity contribution is -0.177. The number of anilines is 1. The van der Waals surface area contributed by atoms with Gasteiger partial charge in [0, 0.05) is 31.5 Å². The van der Waals surface area contributed by atoms with Crippen LogP contribution < -0.4 is 5.32 Å². The minimum Gasteiger partial charge on any atom is -0.478 e. The van der Waals surface area contributed by atoms with Gasteiger partial charge >= 0.3 is 12.1 Å². The number of rotatable bonds is 4. The first-order valence-electron chi connectivity index (χ1n) is 10.4. The summed E-state index contributed by atoms with van der Waals surface area (Å²) in [6.07, 6.45) is 7.47. The highest BCUT2D eigenvalue weighted by atomic mass is 16.6. The summed E-state index contributed by atoms with van der Waals surface area (Å²) in [5.74, 6) is 0.439. The van der Waals surface area contributed by atoms with E-state index < -0.39 is 11.6 Å². The van der Waals surface area contributed by atoms with Gasteiger partial charge in [-0.05, 0) is 56.3 Å². The van der Waals surface area contributed by atoms with E-state index in [1.807, 2.05) is 0 Å². The molecule has 1 aliphatic heterocycles. The van der Waals surface area contributed by atoms with Crippen molar-refractivity contribution in [3.8, 4) is 0 Å². The molecule has 5 aliphatic rings. The summed E-state index contributed by atoms with van der Waals surface area (Å²) in [5.41, 5.74) is -0.495. The molecule has 2 heterocycles. The second kappa shape index (κ2) is 6.83. The van der Waals surface area contributed by atoms with Crippen LogP contribution in [-0.4, -0.2) is 68.0 Å². The Morgan fingerprint density at radius 3 is 2.48 bits per heavy atom. The van der Waals surface area contributed by atoms with Crippen molar-refractivity contribution in [1.29, 1.82) is 0 Å². The molecule has 6 rings (SSSR count). The number of aromatic carboxylic acids is 1. The summed E-state index contributed by atoms with van der Waals surface area (Å²) in [4.78, 5) is 33.4. The van der Waals surface area contributed by atoms with E-state index in [4.69, 9.17) is 9.84 Å². The summed E-state index contributed by atoms with van der Waals surface area (Å²) in [6.45, 7) is 1.09. The van der Waals surface area contributed by atoms with Gasteiger partial charge in [0.15, 0.2) is 0 Å². The lowest BCUT2D eigenvalue weighted by Gasteiger charge is -2.57. The van der Waals surface area contributed by atoms with Crippen LogP contribution in [0.3, 0.4) is 0 Å². The molecule has 0 spiro atoms.